The molecule has 1 heterocycles. The van der Waals surface area contributed by atoms with Gasteiger partial charge in [0.25, 0.3) is 5.91 Å². The molecule has 0 saturated heterocycles. The first-order valence-corrected chi connectivity index (χ1v) is 9.26. The summed E-state index contributed by atoms with van der Waals surface area (Å²) >= 11 is 0. The number of aryl methyl sites for hydroxylation is 1. The first kappa shape index (κ1) is 15.9. The second kappa shape index (κ2) is 6.06. The number of aliphatic hydroxyl groups excluding tert-OH is 1. The Bertz CT molecular complexity index is 597. The molecule has 3 N–H and O–H groups in total. The van der Waals surface area contributed by atoms with Crippen molar-refractivity contribution in [3.05, 3.63) is 11.8 Å². The number of hydrogen-bond acceptors (Lipinski definition) is 4. The standard InChI is InChI=1S/C18H28N4O2/c1-10(23)8-19-17-15(9-20-22(17)2)18(24)21-16-13-4-11-3-12(6-13)7-14(16)5-11/h9-14,16,19,23H,3-8H2,1-2H3,(H,21,24). The molecule has 24 heavy (non-hydrogen) atoms. The molecule has 1 amide bonds. The molecule has 5 rings (SSSR count). The fraction of sp³-hybridized carbons (Fsp3) is 0.778. The van der Waals surface area contributed by atoms with E-state index in [-0.39, 0.29) is 5.91 Å². The topological polar surface area (TPSA) is 79.2 Å². The zero-order valence-electron chi connectivity index (χ0n) is 14.5. The maximum atomic E-state index is 12.8. The van der Waals surface area contributed by atoms with Crippen LogP contribution in [0.3, 0.4) is 0 Å². The molecule has 1 aromatic rings. The summed E-state index contributed by atoms with van der Waals surface area (Å²) in [7, 11) is 1.81. The van der Waals surface area contributed by atoms with E-state index in [2.05, 4.69) is 15.7 Å². The van der Waals surface area contributed by atoms with Gasteiger partial charge in [0.2, 0.25) is 0 Å². The minimum Gasteiger partial charge on any atom is -0.392 e. The van der Waals surface area contributed by atoms with Gasteiger partial charge in [-0.25, -0.2) is 0 Å². The van der Waals surface area contributed by atoms with Crippen LogP contribution in [0, 0.1) is 23.7 Å². The summed E-state index contributed by atoms with van der Waals surface area (Å²) in [5.74, 6) is 3.78. The zero-order chi connectivity index (χ0) is 16.8. The number of anilines is 1. The molecule has 4 aliphatic carbocycles. The molecule has 132 valence electrons. The third kappa shape index (κ3) is 2.81. The van der Waals surface area contributed by atoms with E-state index < -0.39 is 6.10 Å². The Morgan fingerprint density at radius 1 is 1.29 bits per heavy atom. The molecule has 4 fully saturated rings. The number of rotatable bonds is 5. The van der Waals surface area contributed by atoms with Crippen molar-refractivity contribution in [3.63, 3.8) is 0 Å². The molecule has 6 heteroatoms. The highest BCUT2D eigenvalue weighted by Gasteiger charge is 2.48. The summed E-state index contributed by atoms with van der Waals surface area (Å²) in [6.07, 6.45) is 7.73. The Labute approximate surface area is 143 Å². The van der Waals surface area contributed by atoms with Gasteiger partial charge in [0.15, 0.2) is 0 Å². The summed E-state index contributed by atoms with van der Waals surface area (Å²) < 4.78 is 1.66. The number of nitrogens with zero attached hydrogens (tertiary/aromatic N) is 2. The van der Waals surface area contributed by atoms with Crippen molar-refractivity contribution >= 4 is 11.7 Å². The van der Waals surface area contributed by atoms with E-state index in [1.807, 2.05) is 7.05 Å². The van der Waals surface area contributed by atoms with Crippen LogP contribution >= 0.6 is 0 Å². The number of carbonyl (C=O) groups is 1. The molecular formula is C18H28N4O2. The zero-order valence-corrected chi connectivity index (χ0v) is 14.5. The predicted octanol–water partition coefficient (Wildman–Crippen LogP) is 1.77. The van der Waals surface area contributed by atoms with E-state index in [0.717, 1.165) is 11.8 Å². The third-order valence-electron chi connectivity index (χ3n) is 6.27. The van der Waals surface area contributed by atoms with E-state index in [9.17, 15) is 9.90 Å². The van der Waals surface area contributed by atoms with E-state index in [1.165, 1.54) is 32.1 Å². The maximum absolute atomic E-state index is 12.8. The average Bonchev–Trinajstić information content (AvgIpc) is 2.89. The number of aliphatic hydroxyl groups is 1. The minimum atomic E-state index is -0.472. The van der Waals surface area contributed by atoms with Crippen LogP contribution < -0.4 is 10.6 Å². The number of nitrogens with one attached hydrogen (secondary N) is 2. The first-order chi connectivity index (χ1) is 11.5. The highest BCUT2D eigenvalue weighted by Crippen LogP contribution is 2.53. The van der Waals surface area contributed by atoms with Crippen molar-refractivity contribution in [1.82, 2.24) is 15.1 Å². The van der Waals surface area contributed by atoms with Crippen LogP contribution in [-0.2, 0) is 7.05 Å². The molecule has 1 atom stereocenters. The van der Waals surface area contributed by atoms with Crippen LogP contribution in [0.25, 0.3) is 0 Å². The second-order valence-corrected chi connectivity index (χ2v) is 8.19. The van der Waals surface area contributed by atoms with Crippen LogP contribution in [0.15, 0.2) is 6.20 Å². The summed E-state index contributed by atoms with van der Waals surface area (Å²) in [6.45, 7) is 2.12. The van der Waals surface area contributed by atoms with E-state index in [0.29, 0.717) is 35.8 Å². The van der Waals surface area contributed by atoms with Gasteiger partial charge in [-0.05, 0) is 62.7 Å². The molecule has 1 aromatic heterocycles. The van der Waals surface area contributed by atoms with Gasteiger partial charge in [0, 0.05) is 19.6 Å². The monoisotopic (exact) mass is 332 g/mol. The van der Waals surface area contributed by atoms with Gasteiger partial charge < -0.3 is 15.7 Å². The third-order valence-corrected chi connectivity index (χ3v) is 6.27. The fourth-order valence-corrected chi connectivity index (χ4v) is 5.45. The molecule has 4 saturated carbocycles. The number of aromatic nitrogens is 2. The molecule has 0 radical (unpaired) electrons. The maximum Gasteiger partial charge on any atom is 0.256 e. The Morgan fingerprint density at radius 3 is 2.50 bits per heavy atom. The molecule has 0 spiro atoms. The molecule has 0 aromatic carbocycles. The van der Waals surface area contributed by atoms with E-state index in [1.54, 1.807) is 17.8 Å². The van der Waals surface area contributed by atoms with Gasteiger partial charge >= 0.3 is 0 Å². The second-order valence-electron chi connectivity index (χ2n) is 8.19. The van der Waals surface area contributed by atoms with Crippen molar-refractivity contribution in [2.45, 2.75) is 51.2 Å². The highest BCUT2D eigenvalue weighted by atomic mass is 16.3. The molecule has 4 aliphatic rings. The smallest absolute Gasteiger partial charge is 0.256 e. The quantitative estimate of drug-likeness (QED) is 0.768. The lowest BCUT2D eigenvalue weighted by molar-refractivity contribution is -0.0119. The molecule has 1 unspecified atom stereocenters. The van der Waals surface area contributed by atoms with E-state index >= 15 is 0 Å². The lowest BCUT2D eigenvalue weighted by atomic mass is 9.54. The van der Waals surface area contributed by atoms with Gasteiger partial charge in [-0.3, -0.25) is 9.48 Å². The normalized spacial score (nSPS) is 35.0. The lowest BCUT2D eigenvalue weighted by Crippen LogP contribution is -2.55. The van der Waals surface area contributed by atoms with Gasteiger partial charge in [-0.15, -0.1) is 0 Å². The Balaban J connectivity index is 1.47. The van der Waals surface area contributed by atoms with Crippen LogP contribution in [0.5, 0.6) is 0 Å². The Hall–Kier alpha value is -1.56. The summed E-state index contributed by atoms with van der Waals surface area (Å²) in [6, 6.07) is 0.329. The summed E-state index contributed by atoms with van der Waals surface area (Å²) in [4.78, 5) is 12.8. The van der Waals surface area contributed by atoms with Crippen molar-refractivity contribution in [3.8, 4) is 0 Å². The molecule has 0 aliphatic heterocycles. The summed E-state index contributed by atoms with van der Waals surface area (Å²) in [5.41, 5.74) is 0.576. The van der Waals surface area contributed by atoms with Crippen molar-refractivity contribution in [2.75, 3.05) is 11.9 Å². The van der Waals surface area contributed by atoms with Crippen LogP contribution in [-0.4, -0.2) is 39.5 Å². The van der Waals surface area contributed by atoms with Crippen molar-refractivity contribution in [1.29, 1.82) is 0 Å². The van der Waals surface area contributed by atoms with Crippen molar-refractivity contribution < 1.29 is 9.90 Å². The largest absolute Gasteiger partial charge is 0.392 e. The molecule has 4 bridgehead atoms. The summed E-state index contributed by atoms with van der Waals surface area (Å²) in [5, 5.41) is 20.1. The Morgan fingerprint density at radius 2 is 1.92 bits per heavy atom. The fourth-order valence-electron chi connectivity index (χ4n) is 5.45. The highest BCUT2D eigenvalue weighted by molar-refractivity contribution is 5.98. The lowest BCUT2D eigenvalue weighted by Gasteiger charge is -2.54. The predicted molar refractivity (Wildman–Crippen MR) is 91.7 cm³/mol. The number of carbonyl (C=O) groups excluding carboxylic acids is 1. The van der Waals surface area contributed by atoms with Gasteiger partial charge in [-0.1, -0.05) is 0 Å². The SMILES string of the molecule is CC(O)CNc1c(C(=O)NC2C3CC4CC(C3)CC2C4)cnn1C. The van der Waals surface area contributed by atoms with Crippen molar-refractivity contribution in [2.24, 2.45) is 30.7 Å². The number of amides is 1. The van der Waals surface area contributed by atoms with Gasteiger partial charge in [0.1, 0.15) is 11.4 Å². The first-order valence-electron chi connectivity index (χ1n) is 9.26. The van der Waals surface area contributed by atoms with Crippen LogP contribution in [0.1, 0.15) is 49.4 Å². The molecular weight excluding hydrogens is 304 g/mol. The minimum absolute atomic E-state index is 0.0336. The molecule has 6 nitrogen and oxygen atoms in total. The average molecular weight is 332 g/mol. The Kier molecular flexibility index (Phi) is 4.03. The van der Waals surface area contributed by atoms with E-state index in [4.69, 9.17) is 0 Å². The van der Waals surface area contributed by atoms with Crippen LogP contribution in [0.2, 0.25) is 0 Å². The number of hydrogen-bond donors (Lipinski definition) is 3. The van der Waals surface area contributed by atoms with Gasteiger partial charge in [-0.2, -0.15) is 5.10 Å². The van der Waals surface area contributed by atoms with Gasteiger partial charge in [0.05, 0.1) is 12.3 Å². The van der Waals surface area contributed by atoms with Crippen LogP contribution in [0.4, 0.5) is 5.82 Å².